The zero-order valence-corrected chi connectivity index (χ0v) is 20.9. The zero-order chi connectivity index (χ0) is 25.1. The molecule has 0 fully saturated rings. The zero-order valence-electron chi connectivity index (χ0n) is 19.3. The van der Waals surface area contributed by atoms with Crippen molar-refractivity contribution >= 4 is 34.5 Å². The number of hydrogen-bond donors (Lipinski definition) is 2. The highest BCUT2D eigenvalue weighted by Crippen LogP contribution is 2.39. The highest BCUT2D eigenvalue weighted by molar-refractivity contribution is 7.11. The first-order valence-corrected chi connectivity index (χ1v) is 12.5. The van der Waals surface area contributed by atoms with Gasteiger partial charge in [-0.15, -0.1) is 11.3 Å². The molecule has 36 heavy (non-hydrogen) atoms. The van der Waals surface area contributed by atoms with Crippen LogP contribution in [0.15, 0.2) is 83.9 Å². The summed E-state index contributed by atoms with van der Waals surface area (Å²) in [6.45, 7) is 2.27. The third-order valence-corrected chi connectivity index (χ3v) is 7.01. The molecule has 1 atom stereocenters. The number of carbonyl (C=O) groups excluding carboxylic acids is 1. The van der Waals surface area contributed by atoms with Crippen molar-refractivity contribution in [3.05, 3.63) is 111 Å². The summed E-state index contributed by atoms with van der Waals surface area (Å²) in [6, 6.07) is 24.1. The number of nitrogens with one attached hydrogen (secondary N) is 2. The van der Waals surface area contributed by atoms with E-state index in [0.29, 0.717) is 22.9 Å². The van der Waals surface area contributed by atoms with Gasteiger partial charge in [-0.25, -0.2) is 9.78 Å². The fourth-order valence-corrected chi connectivity index (χ4v) is 5.23. The van der Waals surface area contributed by atoms with Gasteiger partial charge >= 0.3 is 6.03 Å². The van der Waals surface area contributed by atoms with Gasteiger partial charge in [0.25, 0.3) is 0 Å². The Morgan fingerprint density at radius 1 is 1.11 bits per heavy atom. The molecular weight excluding hydrogens is 492 g/mol. The third-order valence-electron chi connectivity index (χ3n) is 5.84. The van der Waals surface area contributed by atoms with Gasteiger partial charge in [0.05, 0.1) is 28.4 Å². The number of aromatic nitrogens is 1. The third kappa shape index (κ3) is 4.96. The standard InChI is InChI=1S/C28H21ClN4O2S/c1-17-25(27-32-23(16-36-27)20-9-7-18(14-30)8-10-20)26(33-28(34)31-17)21-11-12-24(22(29)13-21)35-15-19-5-3-2-4-6-19/h2-13,16,26H,15H2,1H3,(H2,31,33,34). The van der Waals surface area contributed by atoms with Gasteiger partial charge in [0, 0.05) is 22.2 Å². The van der Waals surface area contributed by atoms with Crippen LogP contribution in [-0.4, -0.2) is 11.0 Å². The van der Waals surface area contributed by atoms with Gasteiger partial charge in [0.15, 0.2) is 0 Å². The van der Waals surface area contributed by atoms with E-state index in [9.17, 15) is 4.79 Å². The summed E-state index contributed by atoms with van der Waals surface area (Å²) in [5.41, 5.74) is 5.79. The number of ether oxygens (including phenoxy) is 1. The van der Waals surface area contributed by atoms with E-state index in [1.807, 2.05) is 73.0 Å². The quantitative estimate of drug-likeness (QED) is 0.301. The monoisotopic (exact) mass is 512 g/mol. The molecule has 0 spiro atoms. The Morgan fingerprint density at radius 3 is 2.61 bits per heavy atom. The van der Waals surface area contributed by atoms with E-state index in [2.05, 4.69) is 16.7 Å². The highest BCUT2D eigenvalue weighted by Gasteiger charge is 2.30. The minimum Gasteiger partial charge on any atom is -0.487 e. The average Bonchev–Trinajstić information content (AvgIpc) is 3.38. The lowest BCUT2D eigenvalue weighted by molar-refractivity contribution is 0.240. The van der Waals surface area contributed by atoms with E-state index >= 15 is 0 Å². The van der Waals surface area contributed by atoms with Crippen molar-refractivity contribution in [1.82, 2.24) is 15.6 Å². The molecule has 8 heteroatoms. The van der Waals surface area contributed by atoms with Crippen LogP contribution in [0.1, 0.15) is 34.7 Å². The second-order valence-electron chi connectivity index (χ2n) is 8.26. The van der Waals surface area contributed by atoms with E-state index in [-0.39, 0.29) is 6.03 Å². The minimum atomic E-state index is -0.431. The number of amides is 2. The van der Waals surface area contributed by atoms with Gasteiger partial charge in [-0.3, -0.25) is 0 Å². The predicted octanol–water partition coefficient (Wildman–Crippen LogP) is 6.70. The number of hydrogen-bond acceptors (Lipinski definition) is 5. The summed E-state index contributed by atoms with van der Waals surface area (Å²) >= 11 is 8.08. The van der Waals surface area contributed by atoms with Crippen molar-refractivity contribution in [2.45, 2.75) is 19.6 Å². The van der Waals surface area contributed by atoms with E-state index in [4.69, 9.17) is 26.6 Å². The Labute approximate surface area is 217 Å². The van der Waals surface area contributed by atoms with Gasteiger partial charge in [-0.05, 0) is 42.3 Å². The molecule has 2 heterocycles. The van der Waals surface area contributed by atoms with Gasteiger partial charge in [0.1, 0.15) is 17.4 Å². The Hall–Kier alpha value is -4.12. The molecule has 3 aromatic carbocycles. The molecular formula is C28H21ClN4O2S. The first kappa shape index (κ1) is 23.6. The smallest absolute Gasteiger partial charge is 0.319 e. The van der Waals surface area contributed by atoms with Gasteiger partial charge in [-0.1, -0.05) is 60.1 Å². The van der Waals surface area contributed by atoms with Crippen LogP contribution < -0.4 is 15.4 Å². The maximum atomic E-state index is 12.4. The lowest BCUT2D eigenvalue weighted by Gasteiger charge is -2.28. The summed E-state index contributed by atoms with van der Waals surface area (Å²) < 4.78 is 5.91. The molecule has 4 aromatic rings. The van der Waals surface area contributed by atoms with E-state index in [1.165, 1.54) is 11.3 Å². The Kier molecular flexibility index (Phi) is 6.72. The molecule has 6 nitrogen and oxygen atoms in total. The molecule has 2 N–H and O–H groups in total. The number of carbonyl (C=O) groups is 1. The van der Waals surface area contributed by atoms with Crippen LogP contribution in [0.2, 0.25) is 5.02 Å². The van der Waals surface area contributed by atoms with Crippen molar-refractivity contribution in [1.29, 1.82) is 5.26 Å². The largest absolute Gasteiger partial charge is 0.487 e. The van der Waals surface area contributed by atoms with E-state index in [1.54, 1.807) is 12.1 Å². The van der Waals surface area contributed by atoms with Crippen molar-refractivity contribution in [3.63, 3.8) is 0 Å². The molecule has 2 amide bonds. The number of urea groups is 1. The maximum Gasteiger partial charge on any atom is 0.319 e. The molecule has 0 bridgehead atoms. The van der Waals surface area contributed by atoms with Crippen molar-refractivity contribution in [2.24, 2.45) is 0 Å². The molecule has 0 aliphatic carbocycles. The van der Waals surface area contributed by atoms with Crippen LogP contribution in [0.4, 0.5) is 4.79 Å². The number of rotatable bonds is 6. The second kappa shape index (κ2) is 10.2. The molecule has 178 valence electrons. The van der Waals surface area contributed by atoms with E-state index in [0.717, 1.165) is 38.7 Å². The summed E-state index contributed by atoms with van der Waals surface area (Å²) in [5, 5.41) is 18.1. The minimum absolute atomic E-state index is 0.286. The Bertz CT molecular complexity index is 1490. The number of nitriles is 1. The van der Waals surface area contributed by atoms with Crippen LogP contribution in [-0.2, 0) is 6.61 Å². The van der Waals surface area contributed by atoms with Gasteiger partial charge < -0.3 is 15.4 Å². The molecule has 0 saturated carbocycles. The van der Waals surface area contributed by atoms with Crippen LogP contribution in [0, 0.1) is 11.3 Å². The molecule has 1 unspecified atom stereocenters. The molecule has 5 rings (SSSR count). The van der Waals surface area contributed by atoms with Crippen molar-refractivity contribution in [2.75, 3.05) is 0 Å². The first-order valence-electron chi connectivity index (χ1n) is 11.2. The second-order valence-corrected chi connectivity index (χ2v) is 9.53. The molecule has 0 saturated heterocycles. The summed E-state index contributed by atoms with van der Waals surface area (Å²) in [5.74, 6) is 0.573. The fourth-order valence-electron chi connectivity index (χ4n) is 4.02. The van der Waals surface area contributed by atoms with E-state index < -0.39 is 6.04 Å². The van der Waals surface area contributed by atoms with Gasteiger partial charge in [0.2, 0.25) is 0 Å². The topological polar surface area (TPSA) is 87.0 Å². The number of nitrogens with zero attached hydrogens (tertiary/aromatic N) is 2. The summed E-state index contributed by atoms with van der Waals surface area (Å²) in [7, 11) is 0. The maximum absolute atomic E-state index is 12.4. The van der Waals surface area contributed by atoms with Gasteiger partial charge in [-0.2, -0.15) is 5.26 Å². The molecule has 1 aliphatic rings. The number of halogens is 1. The number of benzene rings is 3. The predicted molar refractivity (Wildman–Crippen MR) is 141 cm³/mol. The van der Waals surface area contributed by atoms with Crippen LogP contribution in [0.5, 0.6) is 5.75 Å². The summed E-state index contributed by atoms with van der Waals surface area (Å²) in [4.78, 5) is 17.2. The fraction of sp³-hybridized carbons (Fsp3) is 0.107. The summed E-state index contributed by atoms with van der Waals surface area (Å²) in [6.07, 6.45) is 0. The Balaban J connectivity index is 1.43. The highest BCUT2D eigenvalue weighted by atomic mass is 35.5. The molecule has 1 aromatic heterocycles. The number of allylic oxidation sites excluding steroid dienone is 1. The lowest BCUT2D eigenvalue weighted by Crippen LogP contribution is -2.42. The lowest BCUT2D eigenvalue weighted by atomic mass is 9.96. The SMILES string of the molecule is CC1=C(c2nc(-c3ccc(C#N)cc3)cs2)C(c2ccc(OCc3ccccc3)c(Cl)c2)NC(=O)N1. The van der Waals surface area contributed by atoms with Crippen LogP contribution in [0.3, 0.4) is 0 Å². The van der Waals surface area contributed by atoms with Crippen molar-refractivity contribution < 1.29 is 9.53 Å². The molecule has 1 aliphatic heterocycles. The number of thiazole rings is 1. The normalized spacial score (nSPS) is 15.1. The first-order chi connectivity index (χ1) is 17.5. The van der Waals surface area contributed by atoms with Crippen molar-refractivity contribution in [3.8, 4) is 23.1 Å². The molecule has 0 radical (unpaired) electrons. The average molecular weight is 513 g/mol. The Morgan fingerprint density at radius 2 is 1.89 bits per heavy atom. The van der Waals surface area contributed by atoms with Crippen LogP contribution >= 0.6 is 22.9 Å². The van der Waals surface area contributed by atoms with Crippen LogP contribution in [0.25, 0.3) is 16.8 Å².